The number of thioether (sulfide) groups is 1. The van der Waals surface area contributed by atoms with Crippen LogP contribution in [0.15, 0.2) is 0 Å². The molecular weight excluding hydrogens is 438 g/mol. The fraction of sp³-hybridized carbons (Fsp3) is 0.750. The number of nitrogens with zero attached hydrogens (tertiary/aromatic N) is 1. The van der Waals surface area contributed by atoms with Crippen molar-refractivity contribution < 1.29 is 29.1 Å². The molecule has 11 nitrogen and oxygen atoms in total. The topological polar surface area (TPSA) is 171 Å². The first kappa shape index (κ1) is 27.7. The SMILES string of the molecule is CC[C@H](C)[C@H](NC(=O)CNC(=O)[C@H](CCSC)NC(=O)[C@@H]1CCCN1C(=O)CN)C(=O)O. The third kappa shape index (κ3) is 8.30. The quantitative estimate of drug-likeness (QED) is 0.224. The van der Waals surface area contributed by atoms with E-state index >= 15 is 0 Å². The number of likely N-dealkylation sites (tertiary alicyclic amines) is 1. The van der Waals surface area contributed by atoms with Crippen molar-refractivity contribution >= 4 is 41.4 Å². The second-order valence-corrected chi connectivity index (χ2v) is 8.76. The summed E-state index contributed by atoms with van der Waals surface area (Å²) in [7, 11) is 0. The minimum Gasteiger partial charge on any atom is -0.480 e. The summed E-state index contributed by atoms with van der Waals surface area (Å²) in [5.41, 5.74) is 5.41. The maximum Gasteiger partial charge on any atom is 0.326 e. The number of hydrogen-bond acceptors (Lipinski definition) is 7. The number of carbonyl (C=O) groups is 5. The van der Waals surface area contributed by atoms with Crippen LogP contribution >= 0.6 is 11.8 Å². The molecule has 0 aromatic carbocycles. The van der Waals surface area contributed by atoms with Crippen LogP contribution in [0.4, 0.5) is 0 Å². The van der Waals surface area contributed by atoms with Crippen molar-refractivity contribution in [2.75, 3.05) is 31.6 Å². The summed E-state index contributed by atoms with van der Waals surface area (Å²) < 4.78 is 0. The van der Waals surface area contributed by atoms with Gasteiger partial charge in [0.2, 0.25) is 23.6 Å². The predicted octanol–water partition coefficient (Wildman–Crippen LogP) is -1.09. The lowest BCUT2D eigenvalue weighted by Crippen LogP contribution is -2.55. The van der Waals surface area contributed by atoms with E-state index < -0.39 is 48.4 Å². The van der Waals surface area contributed by atoms with Crippen molar-refractivity contribution in [3.8, 4) is 0 Å². The number of nitrogens with one attached hydrogen (secondary N) is 3. The van der Waals surface area contributed by atoms with E-state index in [1.807, 2.05) is 13.2 Å². The van der Waals surface area contributed by atoms with Gasteiger partial charge in [-0.3, -0.25) is 19.2 Å². The number of hydrogen-bond donors (Lipinski definition) is 5. The van der Waals surface area contributed by atoms with Crippen molar-refractivity contribution in [3.05, 3.63) is 0 Å². The molecule has 1 aliphatic heterocycles. The van der Waals surface area contributed by atoms with Gasteiger partial charge < -0.3 is 31.7 Å². The van der Waals surface area contributed by atoms with Gasteiger partial charge in [-0.25, -0.2) is 4.79 Å². The Bertz CT molecular complexity index is 691. The number of carboxylic acids is 1. The normalized spacial score (nSPS) is 18.4. The second-order valence-electron chi connectivity index (χ2n) is 7.78. The molecule has 1 rings (SSSR count). The minimum absolute atomic E-state index is 0.191. The van der Waals surface area contributed by atoms with E-state index in [2.05, 4.69) is 16.0 Å². The summed E-state index contributed by atoms with van der Waals surface area (Å²) in [6.07, 6.45) is 3.93. The van der Waals surface area contributed by atoms with Crippen LogP contribution in [-0.2, 0) is 24.0 Å². The Kier molecular flexibility index (Phi) is 12.1. The van der Waals surface area contributed by atoms with Crippen molar-refractivity contribution in [3.63, 3.8) is 0 Å². The molecule has 0 unspecified atom stereocenters. The van der Waals surface area contributed by atoms with Gasteiger partial charge in [0.25, 0.3) is 0 Å². The van der Waals surface area contributed by atoms with Crippen LogP contribution in [0.3, 0.4) is 0 Å². The molecule has 1 heterocycles. The van der Waals surface area contributed by atoms with Gasteiger partial charge in [-0.1, -0.05) is 20.3 Å². The maximum atomic E-state index is 12.7. The molecular formula is C20H35N5O6S. The molecule has 0 radical (unpaired) electrons. The third-order valence-electron chi connectivity index (χ3n) is 5.51. The average Bonchev–Trinajstić information content (AvgIpc) is 3.27. The molecule has 0 spiro atoms. The first-order valence-electron chi connectivity index (χ1n) is 10.7. The number of aliphatic carboxylic acids is 1. The number of rotatable bonds is 13. The molecule has 1 fully saturated rings. The van der Waals surface area contributed by atoms with E-state index in [9.17, 15) is 29.1 Å². The largest absolute Gasteiger partial charge is 0.480 e. The Morgan fingerprint density at radius 2 is 1.91 bits per heavy atom. The molecule has 0 aromatic rings. The van der Waals surface area contributed by atoms with Crippen LogP contribution in [-0.4, -0.2) is 89.4 Å². The van der Waals surface area contributed by atoms with Crippen LogP contribution in [0.2, 0.25) is 0 Å². The summed E-state index contributed by atoms with van der Waals surface area (Å²) in [5.74, 6) is -2.75. The van der Waals surface area contributed by atoms with E-state index in [0.717, 1.165) is 0 Å². The molecule has 0 saturated carbocycles. The van der Waals surface area contributed by atoms with Crippen molar-refractivity contribution in [2.45, 2.75) is 57.7 Å². The second kappa shape index (κ2) is 13.9. The van der Waals surface area contributed by atoms with Gasteiger partial charge in [-0.15, -0.1) is 0 Å². The average molecular weight is 474 g/mol. The van der Waals surface area contributed by atoms with Crippen LogP contribution < -0.4 is 21.7 Å². The van der Waals surface area contributed by atoms with Gasteiger partial charge in [-0.2, -0.15) is 11.8 Å². The summed E-state index contributed by atoms with van der Waals surface area (Å²) in [4.78, 5) is 62.3. The van der Waals surface area contributed by atoms with Gasteiger partial charge in [0.1, 0.15) is 18.1 Å². The monoisotopic (exact) mass is 473 g/mol. The van der Waals surface area contributed by atoms with E-state index in [1.54, 1.807) is 6.92 Å². The highest BCUT2D eigenvalue weighted by Gasteiger charge is 2.35. The van der Waals surface area contributed by atoms with Crippen LogP contribution in [0.1, 0.15) is 39.5 Å². The number of amides is 4. The molecule has 6 N–H and O–H groups in total. The standard InChI is InChI=1S/C20H35N5O6S/c1-4-12(2)17(20(30)31)24-15(26)11-22-18(28)13(7-9-32-3)23-19(29)14-6-5-8-25(14)16(27)10-21/h12-14,17H,4-11,21H2,1-3H3,(H,22,28)(H,23,29)(H,24,26)(H,30,31)/t12-,13-,14-,17-/m0/s1. The highest BCUT2D eigenvalue weighted by Crippen LogP contribution is 2.17. The fourth-order valence-electron chi connectivity index (χ4n) is 3.43. The third-order valence-corrected chi connectivity index (χ3v) is 6.16. The summed E-state index contributed by atoms with van der Waals surface area (Å²) in [5, 5.41) is 16.8. The Hall–Kier alpha value is -2.34. The van der Waals surface area contributed by atoms with E-state index in [0.29, 0.717) is 38.0 Å². The van der Waals surface area contributed by atoms with Crippen LogP contribution in [0.25, 0.3) is 0 Å². The molecule has 0 aromatic heterocycles. The number of carboxylic acid groups (broad SMARTS) is 1. The molecule has 182 valence electrons. The lowest BCUT2D eigenvalue weighted by molar-refractivity contribution is -0.143. The summed E-state index contributed by atoms with van der Waals surface area (Å²) in [6, 6.07) is -2.61. The smallest absolute Gasteiger partial charge is 0.326 e. The molecule has 12 heteroatoms. The zero-order valence-electron chi connectivity index (χ0n) is 18.9. The van der Waals surface area contributed by atoms with Crippen molar-refractivity contribution in [2.24, 2.45) is 11.7 Å². The zero-order chi connectivity index (χ0) is 24.3. The van der Waals surface area contributed by atoms with Crippen LogP contribution in [0.5, 0.6) is 0 Å². The van der Waals surface area contributed by atoms with Crippen molar-refractivity contribution in [1.82, 2.24) is 20.9 Å². The summed E-state index contributed by atoms with van der Waals surface area (Å²) >= 11 is 1.50. The van der Waals surface area contributed by atoms with Gasteiger partial charge in [-0.05, 0) is 37.2 Å². The molecule has 1 aliphatic rings. The first-order valence-corrected chi connectivity index (χ1v) is 12.1. The van der Waals surface area contributed by atoms with E-state index in [1.165, 1.54) is 16.7 Å². The van der Waals surface area contributed by atoms with Gasteiger partial charge in [0, 0.05) is 6.54 Å². The summed E-state index contributed by atoms with van der Waals surface area (Å²) in [6.45, 7) is 3.37. The Labute approximate surface area is 192 Å². The molecule has 0 aliphatic carbocycles. The Balaban J connectivity index is 2.71. The predicted molar refractivity (Wildman–Crippen MR) is 121 cm³/mol. The molecule has 4 amide bonds. The minimum atomic E-state index is -1.14. The lowest BCUT2D eigenvalue weighted by Gasteiger charge is -2.26. The van der Waals surface area contributed by atoms with Gasteiger partial charge >= 0.3 is 5.97 Å². The zero-order valence-corrected chi connectivity index (χ0v) is 19.7. The Morgan fingerprint density at radius 1 is 1.22 bits per heavy atom. The first-order chi connectivity index (χ1) is 15.2. The van der Waals surface area contributed by atoms with Gasteiger partial charge in [0.05, 0.1) is 13.1 Å². The van der Waals surface area contributed by atoms with E-state index in [4.69, 9.17) is 5.73 Å². The lowest BCUT2D eigenvalue weighted by atomic mass is 9.99. The van der Waals surface area contributed by atoms with Crippen molar-refractivity contribution in [1.29, 1.82) is 0 Å². The molecule has 0 bridgehead atoms. The maximum absolute atomic E-state index is 12.7. The highest BCUT2D eigenvalue weighted by molar-refractivity contribution is 7.98. The molecule has 1 saturated heterocycles. The van der Waals surface area contributed by atoms with Gasteiger partial charge in [0.15, 0.2) is 0 Å². The number of nitrogens with two attached hydrogens (primary N) is 1. The fourth-order valence-corrected chi connectivity index (χ4v) is 3.90. The molecule has 4 atom stereocenters. The highest BCUT2D eigenvalue weighted by atomic mass is 32.2. The molecule has 32 heavy (non-hydrogen) atoms. The Morgan fingerprint density at radius 3 is 2.47 bits per heavy atom. The van der Waals surface area contributed by atoms with Crippen LogP contribution in [0, 0.1) is 5.92 Å². The number of carbonyl (C=O) groups excluding carboxylic acids is 4. The van der Waals surface area contributed by atoms with E-state index in [-0.39, 0.29) is 18.4 Å².